The number of fused-ring (bicyclic) bond motifs is 8. The number of benzene rings is 6. The van der Waals surface area contributed by atoms with Crippen LogP contribution in [0.25, 0.3) is 43.8 Å². The van der Waals surface area contributed by atoms with E-state index in [9.17, 15) is 0 Å². The summed E-state index contributed by atoms with van der Waals surface area (Å²) in [5, 5.41) is 4.94. The molecule has 12 rings (SSSR count). The first kappa shape index (κ1) is 28.1. The van der Waals surface area contributed by atoms with Crippen LogP contribution in [-0.4, -0.2) is 0 Å². The summed E-state index contributed by atoms with van der Waals surface area (Å²) in [7, 11) is 0. The molecule has 0 radical (unpaired) electrons. The highest BCUT2D eigenvalue weighted by Crippen LogP contribution is 2.60. The first-order valence-electron chi connectivity index (χ1n) is 18.5. The number of furan rings is 1. The zero-order chi connectivity index (χ0) is 32.4. The number of anilines is 3. The van der Waals surface area contributed by atoms with Crippen molar-refractivity contribution in [2.75, 3.05) is 4.90 Å². The molecule has 7 aromatic rings. The molecule has 0 amide bonds. The topological polar surface area (TPSA) is 16.4 Å². The van der Waals surface area contributed by atoms with Gasteiger partial charge in [0.15, 0.2) is 0 Å². The molecule has 1 heterocycles. The number of para-hydroxylation sites is 1. The van der Waals surface area contributed by atoms with Crippen molar-refractivity contribution < 1.29 is 4.42 Å². The molecule has 240 valence electrons. The lowest BCUT2D eigenvalue weighted by Crippen LogP contribution is -2.43. The molecule has 6 aromatic carbocycles. The van der Waals surface area contributed by atoms with Crippen LogP contribution in [-0.2, 0) is 5.41 Å². The third-order valence-electron chi connectivity index (χ3n) is 13.1. The number of hydrogen-bond donors (Lipinski definition) is 0. The van der Waals surface area contributed by atoms with Gasteiger partial charge in [-0.15, -0.1) is 0 Å². The van der Waals surface area contributed by atoms with Crippen LogP contribution in [0.1, 0.15) is 68.6 Å². The molecule has 5 aliphatic rings. The van der Waals surface area contributed by atoms with Gasteiger partial charge in [0, 0.05) is 39.2 Å². The van der Waals surface area contributed by atoms with Crippen LogP contribution < -0.4 is 4.90 Å². The fraction of sp³-hybridized carbons (Fsp3) is 0.277. The Morgan fingerprint density at radius 3 is 2.04 bits per heavy atom. The van der Waals surface area contributed by atoms with Crippen molar-refractivity contribution >= 4 is 49.8 Å². The lowest BCUT2D eigenvalue weighted by molar-refractivity contribution is -0.00277. The Kier molecular flexibility index (Phi) is 5.79. The predicted octanol–water partition coefficient (Wildman–Crippen LogP) is 13.1. The van der Waals surface area contributed by atoms with Crippen LogP contribution in [0, 0.1) is 23.7 Å². The van der Waals surface area contributed by atoms with E-state index in [0.29, 0.717) is 0 Å². The zero-order valence-corrected chi connectivity index (χ0v) is 28.3. The molecule has 0 spiro atoms. The van der Waals surface area contributed by atoms with Gasteiger partial charge in [-0.1, -0.05) is 92.7 Å². The molecule has 1 aromatic heterocycles. The summed E-state index contributed by atoms with van der Waals surface area (Å²) in [5.41, 5.74) is 12.3. The summed E-state index contributed by atoms with van der Waals surface area (Å²) in [6.45, 7) is 4.80. The molecule has 4 bridgehead atoms. The molecule has 0 atom stereocenters. The van der Waals surface area contributed by atoms with Crippen molar-refractivity contribution in [2.24, 2.45) is 23.7 Å². The summed E-state index contributed by atoms with van der Waals surface area (Å²) in [6.07, 6.45) is 7.28. The second-order valence-corrected chi connectivity index (χ2v) is 16.2. The van der Waals surface area contributed by atoms with Crippen LogP contribution in [0.15, 0.2) is 126 Å². The maximum absolute atomic E-state index is 6.49. The highest BCUT2D eigenvalue weighted by molar-refractivity contribution is 6.08. The van der Waals surface area contributed by atoms with E-state index in [1.807, 2.05) is 0 Å². The van der Waals surface area contributed by atoms with Gasteiger partial charge in [-0.2, -0.15) is 0 Å². The second-order valence-electron chi connectivity index (χ2n) is 16.2. The number of nitrogens with zero attached hydrogens (tertiary/aromatic N) is 1. The summed E-state index contributed by atoms with van der Waals surface area (Å²) in [4.78, 5) is 2.51. The Labute approximate surface area is 288 Å². The molecule has 4 saturated carbocycles. The van der Waals surface area contributed by atoms with Gasteiger partial charge in [-0.3, -0.25) is 0 Å². The van der Waals surface area contributed by atoms with E-state index in [4.69, 9.17) is 4.42 Å². The minimum absolute atomic E-state index is 0.126. The van der Waals surface area contributed by atoms with Gasteiger partial charge in [0.1, 0.15) is 11.2 Å². The zero-order valence-electron chi connectivity index (χ0n) is 28.3. The minimum atomic E-state index is -0.126. The summed E-state index contributed by atoms with van der Waals surface area (Å²) < 4.78 is 6.49. The Morgan fingerprint density at radius 2 is 1.24 bits per heavy atom. The maximum Gasteiger partial charge on any atom is 0.137 e. The largest absolute Gasteiger partial charge is 0.456 e. The molecular weight excluding hydrogens is 595 g/mol. The lowest BCUT2D eigenvalue weighted by Gasteiger charge is -2.54. The third-order valence-corrected chi connectivity index (χ3v) is 13.1. The summed E-state index contributed by atoms with van der Waals surface area (Å²) >= 11 is 0. The fourth-order valence-corrected chi connectivity index (χ4v) is 11.4. The fourth-order valence-electron chi connectivity index (χ4n) is 11.4. The minimum Gasteiger partial charge on any atom is -0.456 e. The first-order chi connectivity index (χ1) is 24.0. The SMILES string of the molecule is CC1(C)c2ccccc2-c2c(N(c3ccc(C4C5CC6CC(C5)CC4C6)cc3)c3ccc4c(c3)oc3ccccc34)cc3ccccc3c21. The Morgan fingerprint density at radius 1 is 0.592 bits per heavy atom. The maximum atomic E-state index is 6.49. The average Bonchev–Trinajstić information content (AvgIpc) is 3.60. The van der Waals surface area contributed by atoms with E-state index in [0.717, 1.165) is 57.2 Å². The van der Waals surface area contributed by atoms with Gasteiger partial charge >= 0.3 is 0 Å². The van der Waals surface area contributed by atoms with E-state index in [2.05, 4.69) is 140 Å². The van der Waals surface area contributed by atoms with E-state index in [1.54, 1.807) is 5.56 Å². The van der Waals surface area contributed by atoms with Crippen molar-refractivity contribution in [1.82, 2.24) is 0 Å². The van der Waals surface area contributed by atoms with E-state index in [-0.39, 0.29) is 5.41 Å². The average molecular weight is 636 g/mol. The lowest BCUT2D eigenvalue weighted by atomic mass is 9.51. The van der Waals surface area contributed by atoms with Gasteiger partial charge in [0.2, 0.25) is 0 Å². The van der Waals surface area contributed by atoms with Crippen molar-refractivity contribution in [3.8, 4) is 11.1 Å². The molecule has 49 heavy (non-hydrogen) atoms. The third kappa shape index (κ3) is 4.01. The van der Waals surface area contributed by atoms with Gasteiger partial charge in [-0.25, -0.2) is 0 Å². The number of hydrogen-bond acceptors (Lipinski definition) is 2. The van der Waals surface area contributed by atoms with E-state index >= 15 is 0 Å². The molecule has 2 nitrogen and oxygen atoms in total. The van der Waals surface area contributed by atoms with Crippen LogP contribution in [0.5, 0.6) is 0 Å². The summed E-state index contributed by atoms with van der Waals surface area (Å²) in [6, 6.07) is 45.5. The monoisotopic (exact) mass is 635 g/mol. The van der Waals surface area contributed by atoms with E-state index < -0.39 is 0 Å². The number of rotatable bonds is 4. The molecule has 2 heteroatoms. The Hall–Kier alpha value is -4.82. The molecule has 0 N–H and O–H groups in total. The molecule has 0 saturated heterocycles. The van der Waals surface area contributed by atoms with Gasteiger partial charge < -0.3 is 9.32 Å². The predicted molar refractivity (Wildman–Crippen MR) is 203 cm³/mol. The van der Waals surface area contributed by atoms with Crippen molar-refractivity contribution in [2.45, 2.75) is 57.3 Å². The molecule has 5 aliphatic carbocycles. The van der Waals surface area contributed by atoms with Gasteiger partial charge in [-0.05, 0) is 131 Å². The highest BCUT2D eigenvalue weighted by atomic mass is 16.3. The quantitative estimate of drug-likeness (QED) is 0.191. The highest BCUT2D eigenvalue weighted by Gasteiger charge is 2.48. The van der Waals surface area contributed by atoms with Crippen LogP contribution in [0.2, 0.25) is 0 Å². The van der Waals surface area contributed by atoms with Crippen molar-refractivity contribution in [1.29, 1.82) is 0 Å². The first-order valence-corrected chi connectivity index (χ1v) is 18.5. The Bertz CT molecular complexity index is 2420. The van der Waals surface area contributed by atoms with Gasteiger partial charge in [0.25, 0.3) is 0 Å². The molecule has 0 unspecified atom stereocenters. The summed E-state index contributed by atoms with van der Waals surface area (Å²) in [5.74, 6) is 4.44. The van der Waals surface area contributed by atoms with Crippen molar-refractivity contribution in [3.63, 3.8) is 0 Å². The van der Waals surface area contributed by atoms with Crippen LogP contribution in [0.3, 0.4) is 0 Å². The normalized spacial score (nSPS) is 24.5. The van der Waals surface area contributed by atoms with E-state index in [1.165, 1.54) is 76.5 Å². The van der Waals surface area contributed by atoms with Crippen LogP contribution >= 0.6 is 0 Å². The molecule has 0 aliphatic heterocycles. The Balaban J connectivity index is 1.14. The van der Waals surface area contributed by atoms with Crippen molar-refractivity contribution in [3.05, 3.63) is 138 Å². The second kappa shape index (κ2) is 10.1. The smallest absolute Gasteiger partial charge is 0.137 e. The van der Waals surface area contributed by atoms with Gasteiger partial charge in [0.05, 0.1) is 5.69 Å². The molecular formula is C47H41NO. The van der Waals surface area contributed by atoms with Crippen LogP contribution in [0.4, 0.5) is 17.1 Å². The standard InChI is InChI=1S/C47H41NO/c1-47(2)40-13-7-5-12-39(40)45-41(26-31-9-3-4-10-36(31)46(45)47)48(35-19-20-38-37-11-6-8-14-42(37)49-43(38)27-35)34-17-15-30(16-18-34)44-32-22-28-21-29(24-32)25-33(44)23-28/h3-20,26-29,32-33,44H,21-25H2,1-2H3. The molecule has 4 fully saturated rings.